The molecule has 2 rings (SSSR count). The van der Waals surface area contributed by atoms with E-state index in [1.165, 1.54) is 6.92 Å². The van der Waals surface area contributed by atoms with Crippen molar-refractivity contribution in [2.45, 2.75) is 31.8 Å². The van der Waals surface area contributed by atoms with Gasteiger partial charge in [-0.05, 0) is 6.92 Å². The third kappa shape index (κ3) is 3.22. The molecule has 11 heteroatoms. The molecule has 0 amide bonds. The van der Waals surface area contributed by atoms with E-state index in [-0.39, 0.29) is 17.2 Å². The maximum absolute atomic E-state index is 11.8. The first-order valence-corrected chi connectivity index (χ1v) is 6.61. The van der Waals surface area contributed by atoms with E-state index in [1.807, 2.05) is 4.98 Å². The van der Waals surface area contributed by atoms with E-state index in [2.05, 4.69) is 9.97 Å². The summed E-state index contributed by atoms with van der Waals surface area (Å²) in [5, 5.41) is 47.7. The Morgan fingerprint density at radius 3 is 2.43 bits per heavy atom. The molecule has 2 heterocycles. The Hall–Kier alpha value is -2.34. The van der Waals surface area contributed by atoms with Crippen molar-refractivity contribution in [3.8, 4) is 17.4 Å². The molecular weight excluding hydrogens is 312 g/mol. The lowest BCUT2D eigenvalue weighted by molar-refractivity contribution is -0.0809. The summed E-state index contributed by atoms with van der Waals surface area (Å²) in [7, 11) is 0. The molecule has 126 valence electrons. The predicted octanol–water partition coefficient (Wildman–Crippen LogP) is -3.48. The third-order valence-electron chi connectivity index (χ3n) is 3.31. The van der Waals surface area contributed by atoms with Crippen LogP contribution in [0.15, 0.2) is 9.59 Å². The van der Waals surface area contributed by atoms with E-state index in [4.69, 9.17) is 5.11 Å². The molecule has 0 saturated heterocycles. The highest BCUT2D eigenvalue weighted by molar-refractivity contribution is 5.51. The predicted molar refractivity (Wildman–Crippen MR) is 75.0 cm³/mol. The fraction of sp³-hybridized carbons (Fsp3) is 0.500. The van der Waals surface area contributed by atoms with Crippen molar-refractivity contribution in [1.82, 2.24) is 19.5 Å². The Kier molecular flexibility index (Phi) is 4.75. The summed E-state index contributed by atoms with van der Waals surface area (Å²) in [6.07, 6.45) is -4.94. The maximum Gasteiger partial charge on any atom is 0.349 e. The highest BCUT2D eigenvalue weighted by Gasteiger charge is 2.28. The Labute approximate surface area is 128 Å². The molecular formula is C12H16N4O7. The molecule has 0 aliphatic carbocycles. The molecule has 0 saturated carbocycles. The summed E-state index contributed by atoms with van der Waals surface area (Å²) < 4.78 is 0.923. The van der Waals surface area contributed by atoms with Crippen molar-refractivity contribution in [3.63, 3.8) is 0 Å². The Morgan fingerprint density at radius 1 is 1.17 bits per heavy atom. The van der Waals surface area contributed by atoms with Crippen LogP contribution in [0.3, 0.4) is 0 Å². The van der Waals surface area contributed by atoms with Gasteiger partial charge in [-0.15, -0.1) is 0 Å². The van der Waals surface area contributed by atoms with E-state index >= 15 is 0 Å². The summed E-state index contributed by atoms with van der Waals surface area (Å²) in [6.45, 7) is 0.106. The largest absolute Gasteiger partial charge is 0.493 e. The van der Waals surface area contributed by atoms with Crippen LogP contribution in [0.2, 0.25) is 0 Å². The number of aliphatic hydroxyl groups is 4. The molecule has 3 atom stereocenters. The number of aryl methyl sites for hydroxylation is 1. The average Bonchev–Trinajstić information content (AvgIpc) is 2.51. The summed E-state index contributed by atoms with van der Waals surface area (Å²) in [4.78, 5) is 32.4. The lowest BCUT2D eigenvalue weighted by Crippen LogP contribution is -2.42. The van der Waals surface area contributed by atoms with Gasteiger partial charge in [0.25, 0.3) is 5.56 Å². The van der Waals surface area contributed by atoms with Crippen molar-refractivity contribution < 1.29 is 25.5 Å². The highest BCUT2D eigenvalue weighted by Crippen LogP contribution is 2.23. The van der Waals surface area contributed by atoms with E-state index < -0.39 is 48.6 Å². The number of nitrogens with zero attached hydrogens (tertiary/aromatic N) is 3. The second-order valence-corrected chi connectivity index (χ2v) is 4.98. The highest BCUT2D eigenvalue weighted by atomic mass is 16.4. The smallest absolute Gasteiger partial charge is 0.349 e. The zero-order valence-electron chi connectivity index (χ0n) is 12.0. The quantitative estimate of drug-likeness (QED) is 0.324. The molecule has 2 aliphatic rings. The zero-order chi connectivity index (χ0) is 17.3. The average molecular weight is 328 g/mol. The second-order valence-electron chi connectivity index (χ2n) is 4.98. The number of aromatic hydroxyl groups is 1. The molecule has 11 nitrogen and oxygen atoms in total. The number of hydrogen-bond acceptors (Lipinski definition) is 9. The number of fused-ring (bicyclic) bond motifs is 1. The first kappa shape index (κ1) is 17.0. The number of aromatic nitrogens is 4. The molecule has 23 heavy (non-hydrogen) atoms. The van der Waals surface area contributed by atoms with Crippen LogP contribution in [0.1, 0.15) is 5.69 Å². The summed E-state index contributed by atoms with van der Waals surface area (Å²) >= 11 is 0. The number of H-pyrrole nitrogens is 1. The summed E-state index contributed by atoms with van der Waals surface area (Å²) in [5.74, 6) is -0.758. The molecule has 2 aliphatic heterocycles. The summed E-state index contributed by atoms with van der Waals surface area (Å²) in [5.41, 5.74) is -1.98. The molecule has 0 aromatic carbocycles. The minimum Gasteiger partial charge on any atom is -0.493 e. The van der Waals surface area contributed by atoms with Gasteiger partial charge in [0, 0.05) is 0 Å². The van der Waals surface area contributed by atoms with Crippen LogP contribution in [0.25, 0.3) is 11.5 Å². The van der Waals surface area contributed by atoms with Crippen LogP contribution in [-0.4, -0.2) is 70.0 Å². The Balaban J connectivity index is 2.53. The molecule has 0 bridgehead atoms. The minimum atomic E-state index is -1.72. The third-order valence-corrected chi connectivity index (χ3v) is 3.31. The Bertz CT molecular complexity index is 786. The van der Waals surface area contributed by atoms with E-state index in [0.29, 0.717) is 0 Å². The first-order valence-electron chi connectivity index (χ1n) is 6.61. The monoisotopic (exact) mass is 328 g/mol. The number of nitrogens with one attached hydrogen (secondary N) is 1. The van der Waals surface area contributed by atoms with Gasteiger partial charge in [-0.25, -0.2) is 9.78 Å². The maximum atomic E-state index is 11.8. The van der Waals surface area contributed by atoms with Gasteiger partial charge in [-0.1, -0.05) is 0 Å². The molecule has 0 aromatic rings. The van der Waals surface area contributed by atoms with Crippen molar-refractivity contribution in [2.75, 3.05) is 6.61 Å². The fourth-order valence-corrected chi connectivity index (χ4v) is 2.07. The van der Waals surface area contributed by atoms with Gasteiger partial charge >= 0.3 is 5.69 Å². The van der Waals surface area contributed by atoms with Crippen molar-refractivity contribution >= 4 is 0 Å². The van der Waals surface area contributed by atoms with Crippen molar-refractivity contribution in [2.24, 2.45) is 0 Å². The van der Waals surface area contributed by atoms with E-state index in [0.717, 1.165) is 4.57 Å². The number of rotatable bonds is 5. The zero-order valence-corrected chi connectivity index (χ0v) is 12.0. The van der Waals surface area contributed by atoms with Crippen LogP contribution >= 0.6 is 0 Å². The molecule has 6 N–H and O–H groups in total. The van der Waals surface area contributed by atoms with Gasteiger partial charge in [0.05, 0.1) is 18.8 Å². The van der Waals surface area contributed by atoms with Crippen LogP contribution < -0.4 is 11.2 Å². The number of aliphatic hydroxyl groups excluding tert-OH is 4. The van der Waals surface area contributed by atoms with Gasteiger partial charge in [0.2, 0.25) is 5.88 Å². The van der Waals surface area contributed by atoms with Gasteiger partial charge in [0.1, 0.15) is 18.3 Å². The molecule has 0 fully saturated rings. The lowest BCUT2D eigenvalue weighted by atomic mass is 10.1. The van der Waals surface area contributed by atoms with Crippen molar-refractivity contribution in [3.05, 3.63) is 26.5 Å². The van der Waals surface area contributed by atoms with Gasteiger partial charge < -0.3 is 25.5 Å². The van der Waals surface area contributed by atoms with Crippen LogP contribution in [0.4, 0.5) is 0 Å². The normalized spacial score (nSPS) is 15.5. The first-order chi connectivity index (χ1) is 10.8. The van der Waals surface area contributed by atoms with Crippen molar-refractivity contribution in [1.29, 1.82) is 0 Å². The number of aromatic amines is 1. The minimum absolute atomic E-state index is 0.0350. The Morgan fingerprint density at radius 2 is 1.83 bits per heavy atom. The topological polar surface area (TPSA) is 182 Å². The molecule has 0 radical (unpaired) electrons. The number of hydrogen-bond donors (Lipinski definition) is 6. The van der Waals surface area contributed by atoms with Crippen LogP contribution in [0, 0.1) is 6.92 Å². The lowest BCUT2D eigenvalue weighted by Gasteiger charge is -2.24. The fourth-order valence-electron chi connectivity index (χ4n) is 2.07. The molecule has 3 unspecified atom stereocenters. The van der Waals surface area contributed by atoms with E-state index in [9.17, 15) is 30.0 Å². The SMILES string of the molecule is Cc1nc2c(=O)[nH]c(=O)nc-2n(CC(O)C(O)C(O)CO)c1O. The van der Waals surface area contributed by atoms with E-state index in [1.54, 1.807) is 0 Å². The molecule has 0 aromatic heterocycles. The molecule has 0 spiro atoms. The van der Waals surface area contributed by atoms with Gasteiger partial charge in [0.15, 0.2) is 11.5 Å². The van der Waals surface area contributed by atoms with Gasteiger partial charge in [-0.2, -0.15) is 4.98 Å². The standard InChI is InChI=1S/C12H16N4O7/c1-4-11(22)16(2-5(18)8(20)6(19)3-17)9-7(13-4)10(21)15-12(23)14-9/h5-6,8,17-20,22H,2-3H2,1H3,(H,15,21,23). The van der Waals surface area contributed by atoms with Gasteiger partial charge in [-0.3, -0.25) is 14.3 Å². The van der Waals surface area contributed by atoms with Crippen LogP contribution in [0.5, 0.6) is 5.88 Å². The van der Waals surface area contributed by atoms with Crippen LogP contribution in [-0.2, 0) is 6.54 Å². The second kappa shape index (κ2) is 6.42. The summed E-state index contributed by atoms with van der Waals surface area (Å²) in [6, 6.07) is 0.